The first-order chi connectivity index (χ1) is 13.4. The summed E-state index contributed by atoms with van der Waals surface area (Å²) in [5.41, 5.74) is 3.03. The predicted molar refractivity (Wildman–Crippen MR) is 96.3 cm³/mol. The number of rotatable bonds is 11. The van der Waals surface area contributed by atoms with E-state index in [0.717, 1.165) is 9.91 Å². The van der Waals surface area contributed by atoms with Crippen molar-refractivity contribution >= 4 is 23.7 Å². The molecule has 3 N–H and O–H groups in total. The normalized spacial score (nSPS) is 14.1. The third-order valence-electron chi connectivity index (χ3n) is 4.28. The Kier molecular flexibility index (Phi) is 7.61. The lowest BCUT2D eigenvalue weighted by molar-refractivity contribution is -0.141. The second-order valence-corrected chi connectivity index (χ2v) is 6.02. The van der Waals surface area contributed by atoms with E-state index in [0.29, 0.717) is 0 Å². The molecule has 152 valence electrons. The van der Waals surface area contributed by atoms with E-state index in [4.69, 9.17) is 14.9 Å². The largest absolute Gasteiger partial charge is 0.481 e. The van der Waals surface area contributed by atoms with E-state index in [1.807, 2.05) is 0 Å². The molecule has 1 aromatic carbocycles. The predicted octanol–water partition coefficient (Wildman–Crippen LogP) is -0.512. The fourth-order valence-corrected chi connectivity index (χ4v) is 2.95. The van der Waals surface area contributed by atoms with E-state index in [9.17, 15) is 19.2 Å². The van der Waals surface area contributed by atoms with Crippen molar-refractivity contribution in [3.05, 3.63) is 35.4 Å². The van der Waals surface area contributed by atoms with E-state index >= 15 is 0 Å². The van der Waals surface area contributed by atoms with Gasteiger partial charge in [-0.2, -0.15) is 0 Å². The van der Waals surface area contributed by atoms with Crippen molar-refractivity contribution in [3.8, 4) is 0 Å². The number of benzene rings is 1. The quantitative estimate of drug-likeness (QED) is 0.260. The van der Waals surface area contributed by atoms with Crippen LogP contribution in [0.3, 0.4) is 0 Å². The Bertz CT molecular complexity index is 717. The molecule has 0 aliphatic carbocycles. The van der Waals surface area contributed by atoms with Crippen molar-refractivity contribution in [1.82, 2.24) is 15.3 Å². The average molecular weight is 393 g/mol. The topological polar surface area (TPSA) is 136 Å². The minimum absolute atomic E-state index is 0.0854. The standard InChI is InChI=1S/C18H23N3O7/c1-19-20(8-10-28-11-9-22)18(27)14(6-7-15(23)24)21-16(25)12-4-2-3-5-13(12)17(21)26/h2-5,14,19,22H,6-11H2,1H3,(H,23,24)/t14-/m0/s1. The van der Waals surface area contributed by atoms with Crippen molar-refractivity contribution in [1.29, 1.82) is 0 Å². The van der Waals surface area contributed by atoms with Crippen molar-refractivity contribution in [2.75, 3.05) is 33.4 Å². The molecule has 1 heterocycles. The SMILES string of the molecule is CNN(CCOCCO)C(=O)[C@H](CCC(=O)O)N1C(=O)c2ccccc2C1=O. The van der Waals surface area contributed by atoms with Gasteiger partial charge in [-0.3, -0.25) is 29.1 Å². The van der Waals surface area contributed by atoms with Crippen molar-refractivity contribution in [2.24, 2.45) is 0 Å². The Morgan fingerprint density at radius 2 is 1.79 bits per heavy atom. The molecule has 0 radical (unpaired) electrons. The van der Waals surface area contributed by atoms with Gasteiger partial charge in [0.25, 0.3) is 17.7 Å². The van der Waals surface area contributed by atoms with Crippen LogP contribution in [0.2, 0.25) is 0 Å². The molecule has 1 aliphatic rings. The Morgan fingerprint density at radius 1 is 1.18 bits per heavy atom. The number of amides is 3. The maximum Gasteiger partial charge on any atom is 0.303 e. The third-order valence-corrected chi connectivity index (χ3v) is 4.28. The van der Waals surface area contributed by atoms with Gasteiger partial charge in [0.2, 0.25) is 0 Å². The minimum Gasteiger partial charge on any atom is -0.481 e. The number of carbonyl (C=O) groups excluding carboxylic acids is 3. The first-order valence-corrected chi connectivity index (χ1v) is 8.78. The summed E-state index contributed by atoms with van der Waals surface area (Å²) in [6.07, 6.45) is -0.600. The molecule has 0 bridgehead atoms. The Balaban J connectivity index is 2.24. The number of hydrazine groups is 1. The first kappa shape index (κ1) is 21.5. The summed E-state index contributed by atoms with van der Waals surface area (Å²) in [6.45, 7) is 0.138. The number of fused-ring (bicyclic) bond motifs is 1. The summed E-state index contributed by atoms with van der Waals surface area (Å²) in [5.74, 6) is -3.02. The highest BCUT2D eigenvalue weighted by Crippen LogP contribution is 2.26. The van der Waals surface area contributed by atoms with E-state index in [-0.39, 0.29) is 50.3 Å². The Morgan fingerprint density at radius 3 is 2.29 bits per heavy atom. The summed E-state index contributed by atoms with van der Waals surface area (Å²) in [4.78, 5) is 50.3. The molecule has 0 saturated heterocycles. The van der Waals surface area contributed by atoms with E-state index < -0.39 is 29.7 Å². The van der Waals surface area contributed by atoms with E-state index in [1.165, 1.54) is 19.2 Å². The van der Waals surface area contributed by atoms with E-state index in [2.05, 4.69) is 5.43 Å². The molecule has 1 aliphatic heterocycles. The van der Waals surface area contributed by atoms with Gasteiger partial charge < -0.3 is 14.9 Å². The van der Waals surface area contributed by atoms with Crippen LogP contribution in [0.4, 0.5) is 0 Å². The van der Waals surface area contributed by atoms with Crippen LogP contribution in [0.25, 0.3) is 0 Å². The number of ether oxygens (including phenoxy) is 1. The molecule has 0 spiro atoms. The average Bonchev–Trinajstić information content (AvgIpc) is 2.93. The van der Waals surface area contributed by atoms with Crippen molar-refractivity contribution in [2.45, 2.75) is 18.9 Å². The van der Waals surface area contributed by atoms with Crippen LogP contribution in [-0.4, -0.2) is 83.3 Å². The fraction of sp³-hybridized carbons (Fsp3) is 0.444. The number of aliphatic hydroxyl groups is 1. The summed E-state index contributed by atoms with van der Waals surface area (Å²) < 4.78 is 5.14. The van der Waals surface area contributed by atoms with Crippen LogP contribution in [0.15, 0.2) is 24.3 Å². The molecule has 0 aromatic heterocycles. The fourth-order valence-electron chi connectivity index (χ4n) is 2.95. The van der Waals surface area contributed by atoms with E-state index in [1.54, 1.807) is 12.1 Å². The lowest BCUT2D eigenvalue weighted by Crippen LogP contribution is -2.55. The van der Waals surface area contributed by atoms with Gasteiger partial charge in [-0.1, -0.05) is 12.1 Å². The second-order valence-electron chi connectivity index (χ2n) is 6.02. The van der Waals surface area contributed by atoms with Crippen LogP contribution < -0.4 is 5.43 Å². The van der Waals surface area contributed by atoms with Gasteiger partial charge >= 0.3 is 5.97 Å². The number of carbonyl (C=O) groups is 4. The van der Waals surface area contributed by atoms with Crippen LogP contribution in [0.5, 0.6) is 0 Å². The van der Waals surface area contributed by atoms with Crippen LogP contribution >= 0.6 is 0 Å². The lowest BCUT2D eigenvalue weighted by Gasteiger charge is -2.30. The molecule has 2 rings (SSSR count). The molecule has 28 heavy (non-hydrogen) atoms. The monoisotopic (exact) mass is 393 g/mol. The molecule has 0 fully saturated rings. The van der Waals surface area contributed by atoms with Gasteiger partial charge in [-0.05, 0) is 18.6 Å². The number of aliphatic hydroxyl groups excluding tert-OH is 1. The highest BCUT2D eigenvalue weighted by atomic mass is 16.5. The Hall–Kier alpha value is -2.82. The molecule has 0 saturated carbocycles. The number of nitrogens with one attached hydrogen (secondary N) is 1. The highest BCUT2D eigenvalue weighted by Gasteiger charge is 2.43. The van der Waals surface area contributed by atoms with Crippen LogP contribution in [0, 0.1) is 0 Å². The highest BCUT2D eigenvalue weighted by molar-refractivity contribution is 6.22. The zero-order chi connectivity index (χ0) is 20.7. The van der Waals surface area contributed by atoms with Gasteiger partial charge in [0.1, 0.15) is 6.04 Å². The molecule has 1 atom stereocenters. The maximum absolute atomic E-state index is 13.0. The minimum atomic E-state index is -1.27. The van der Waals surface area contributed by atoms with Gasteiger partial charge in [0.15, 0.2) is 0 Å². The lowest BCUT2D eigenvalue weighted by atomic mass is 10.1. The molecule has 1 aromatic rings. The second kappa shape index (κ2) is 9.93. The summed E-state index contributed by atoms with van der Waals surface area (Å²) in [5, 5.41) is 18.9. The number of hydrogen-bond acceptors (Lipinski definition) is 7. The van der Waals surface area contributed by atoms with Gasteiger partial charge in [0, 0.05) is 13.5 Å². The van der Waals surface area contributed by atoms with Crippen molar-refractivity contribution < 1.29 is 34.1 Å². The Labute approximate surface area is 161 Å². The van der Waals surface area contributed by atoms with Gasteiger partial charge in [0.05, 0.1) is 37.5 Å². The summed E-state index contributed by atoms with van der Waals surface area (Å²) in [7, 11) is 1.49. The van der Waals surface area contributed by atoms with Crippen LogP contribution in [-0.2, 0) is 14.3 Å². The molecular formula is C18H23N3O7. The number of carboxylic acid groups (broad SMARTS) is 1. The molecule has 10 heteroatoms. The maximum atomic E-state index is 13.0. The molecule has 3 amide bonds. The number of carboxylic acids is 1. The van der Waals surface area contributed by atoms with Crippen molar-refractivity contribution in [3.63, 3.8) is 0 Å². The number of imide groups is 1. The zero-order valence-electron chi connectivity index (χ0n) is 15.5. The third kappa shape index (κ3) is 4.71. The smallest absolute Gasteiger partial charge is 0.303 e. The molecule has 0 unspecified atom stereocenters. The van der Waals surface area contributed by atoms with Crippen LogP contribution in [0.1, 0.15) is 33.6 Å². The number of nitrogens with zero attached hydrogens (tertiary/aromatic N) is 2. The number of aliphatic carboxylic acids is 1. The molecular weight excluding hydrogens is 370 g/mol. The summed E-state index contributed by atoms with van der Waals surface area (Å²) in [6, 6.07) is 4.94. The first-order valence-electron chi connectivity index (χ1n) is 8.78. The zero-order valence-corrected chi connectivity index (χ0v) is 15.5. The van der Waals surface area contributed by atoms with Gasteiger partial charge in [-0.15, -0.1) is 0 Å². The van der Waals surface area contributed by atoms with Gasteiger partial charge in [-0.25, -0.2) is 5.43 Å². The number of hydrogen-bond donors (Lipinski definition) is 3. The summed E-state index contributed by atoms with van der Waals surface area (Å²) >= 11 is 0. The molecule has 10 nitrogen and oxygen atoms in total.